The Morgan fingerprint density at radius 1 is 1.41 bits per heavy atom. The van der Waals surface area contributed by atoms with Gasteiger partial charge < -0.3 is 19.9 Å². The second kappa shape index (κ2) is 9.57. The molecule has 2 N–H and O–H groups in total. The number of benzene rings is 1. The SMILES string of the molecule is COc1cc(F)c(-c2nnc(N[C@@H]3CCCN(CCO)C3)nc2C)c(OC=O)c1. The molecule has 1 saturated heterocycles. The zero-order valence-corrected chi connectivity index (χ0v) is 16.4. The molecule has 1 aromatic heterocycles. The first-order chi connectivity index (χ1) is 14.0. The Morgan fingerprint density at radius 2 is 2.24 bits per heavy atom. The van der Waals surface area contributed by atoms with Crippen molar-refractivity contribution >= 4 is 12.4 Å². The predicted molar refractivity (Wildman–Crippen MR) is 103 cm³/mol. The van der Waals surface area contributed by atoms with E-state index in [-0.39, 0.29) is 41.9 Å². The molecule has 0 spiro atoms. The summed E-state index contributed by atoms with van der Waals surface area (Å²) in [5, 5.41) is 20.6. The van der Waals surface area contributed by atoms with Gasteiger partial charge in [-0.25, -0.2) is 9.37 Å². The van der Waals surface area contributed by atoms with E-state index in [2.05, 4.69) is 25.4 Å². The Bertz CT molecular complexity index is 865. The van der Waals surface area contributed by atoms with Crippen LogP contribution >= 0.6 is 0 Å². The van der Waals surface area contributed by atoms with Gasteiger partial charge in [-0.3, -0.25) is 9.69 Å². The van der Waals surface area contributed by atoms with E-state index in [0.29, 0.717) is 18.2 Å². The molecule has 1 aliphatic heterocycles. The van der Waals surface area contributed by atoms with E-state index in [9.17, 15) is 9.18 Å². The Kier molecular flexibility index (Phi) is 6.89. The van der Waals surface area contributed by atoms with E-state index in [1.54, 1.807) is 6.92 Å². The third kappa shape index (κ3) is 4.96. The van der Waals surface area contributed by atoms with Gasteiger partial charge in [-0.2, -0.15) is 0 Å². The maximum Gasteiger partial charge on any atom is 0.298 e. The highest BCUT2D eigenvalue weighted by Crippen LogP contribution is 2.36. The zero-order valence-electron chi connectivity index (χ0n) is 16.4. The molecule has 1 fully saturated rings. The second-order valence-corrected chi connectivity index (χ2v) is 6.77. The molecule has 0 aliphatic carbocycles. The van der Waals surface area contributed by atoms with Crippen LogP contribution in [0, 0.1) is 12.7 Å². The number of carbonyl (C=O) groups excluding carboxylic acids is 1. The van der Waals surface area contributed by atoms with Crippen molar-refractivity contribution in [3.63, 3.8) is 0 Å². The van der Waals surface area contributed by atoms with Crippen molar-refractivity contribution in [2.75, 3.05) is 38.7 Å². The van der Waals surface area contributed by atoms with Gasteiger partial charge in [0.25, 0.3) is 6.47 Å². The molecule has 156 valence electrons. The van der Waals surface area contributed by atoms with Crippen LogP contribution in [-0.4, -0.2) is 71.1 Å². The lowest BCUT2D eigenvalue weighted by atomic mass is 10.1. The number of β-amino-alcohol motifs (C(OH)–C–C–N with tert-alkyl or cyclic N) is 1. The molecule has 2 heterocycles. The number of anilines is 1. The third-order valence-electron chi connectivity index (χ3n) is 4.79. The van der Waals surface area contributed by atoms with Crippen molar-refractivity contribution in [2.24, 2.45) is 0 Å². The summed E-state index contributed by atoms with van der Waals surface area (Å²) in [6.45, 7) is 4.37. The number of nitrogens with zero attached hydrogens (tertiary/aromatic N) is 4. The molecule has 0 saturated carbocycles. The number of nitrogens with one attached hydrogen (secondary N) is 1. The highest BCUT2D eigenvalue weighted by atomic mass is 19.1. The van der Waals surface area contributed by atoms with Crippen molar-refractivity contribution < 1.29 is 23.8 Å². The molecule has 0 bridgehead atoms. The number of carbonyl (C=O) groups is 1. The largest absolute Gasteiger partial charge is 0.497 e. The average Bonchev–Trinajstić information content (AvgIpc) is 2.69. The quantitative estimate of drug-likeness (QED) is 0.630. The topological polar surface area (TPSA) is 110 Å². The summed E-state index contributed by atoms with van der Waals surface area (Å²) in [7, 11) is 1.39. The minimum Gasteiger partial charge on any atom is -0.497 e. The van der Waals surface area contributed by atoms with Crippen LogP contribution in [-0.2, 0) is 4.79 Å². The van der Waals surface area contributed by atoms with E-state index < -0.39 is 5.82 Å². The number of halogens is 1. The van der Waals surface area contributed by atoms with Gasteiger partial charge in [-0.05, 0) is 26.3 Å². The highest BCUT2D eigenvalue weighted by molar-refractivity contribution is 5.72. The van der Waals surface area contributed by atoms with Gasteiger partial charge >= 0.3 is 0 Å². The third-order valence-corrected chi connectivity index (χ3v) is 4.79. The summed E-state index contributed by atoms with van der Waals surface area (Å²) in [6.07, 6.45) is 1.96. The molecule has 3 rings (SSSR count). The number of hydrogen-bond acceptors (Lipinski definition) is 9. The number of rotatable bonds is 8. The van der Waals surface area contributed by atoms with Crippen LogP contribution in [0.3, 0.4) is 0 Å². The number of aliphatic hydroxyl groups excluding tert-OH is 1. The summed E-state index contributed by atoms with van der Waals surface area (Å²) >= 11 is 0. The van der Waals surface area contributed by atoms with Crippen LogP contribution in [0.1, 0.15) is 18.5 Å². The zero-order chi connectivity index (χ0) is 20.8. The number of methoxy groups -OCH3 is 1. The first kappa shape index (κ1) is 20.9. The van der Waals surface area contributed by atoms with Gasteiger partial charge in [0.2, 0.25) is 5.95 Å². The second-order valence-electron chi connectivity index (χ2n) is 6.77. The molecule has 9 nitrogen and oxygen atoms in total. The van der Waals surface area contributed by atoms with Crippen molar-refractivity contribution in [3.05, 3.63) is 23.6 Å². The fourth-order valence-corrected chi connectivity index (χ4v) is 3.45. The van der Waals surface area contributed by atoms with Crippen molar-refractivity contribution in [3.8, 4) is 22.8 Å². The van der Waals surface area contributed by atoms with Crippen molar-refractivity contribution in [2.45, 2.75) is 25.8 Å². The number of ether oxygens (including phenoxy) is 2. The van der Waals surface area contributed by atoms with Gasteiger partial charge in [0.1, 0.15) is 23.0 Å². The van der Waals surface area contributed by atoms with Gasteiger partial charge in [0.15, 0.2) is 0 Å². The number of aryl methyl sites for hydroxylation is 1. The Morgan fingerprint density at radius 3 is 2.93 bits per heavy atom. The predicted octanol–water partition coefficient (Wildman–Crippen LogP) is 1.40. The maximum atomic E-state index is 14.7. The monoisotopic (exact) mass is 405 g/mol. The molecule has 1 aromatic carbocycles. The van der Waals surface area contributed by atoms with Crippen LogP contribution in [0.2, 0.25) is 0 Å². The van der Waals surface area contributed by atoms with Gasteiger partial charge in [-0.15, -0.1) is 10.2 Å². The fraction of sp³-hybridized carbons (Fsp3) is 0.474. The van der Waals surface area contributed by atoms with Crippen molar-refractivity contribution in [1.29, 1.82) is 0 Å². The number of likely N-dealkylation sites (tertiary alicyclic amines) is 1. The minimum absolute atomic E-state index is 0.00580. The first-order valence-corrected chi connectivity index (χ1v) is 9.35. The van der Waals surface area contributed by atoms with E-state index >= 15 is 0 Å². The smallest absolute Gasteiger partial charge is 0.298 e. The summed E-state index contributed by atoms with van der Waals surface area (Å²) in [4.78, 5) is 17.4. The Labute approximate surface area is 167 Å². The molecule has 0 unspecified atom stereocenters. The summed E-state index contributed by atoms with van der Waals surface area (Å²) in [6, 6.07) is 2.71. The average molecular weight is 405 g/mol. The van der Waals surface area contributed by atoms with Gasteiger partial charge in [-0.1, -0.05) is 0 Å². The summed E-state index contributed by atoms with van der Waals surface area (Å²) in [5.41, 5.74) is 0.609. The number of hydrogen-bond donors (Lipinski definition) is 2. The molecular weight excluding hydrogens is 381 g/mol. The molecule has 0 radical (unpaired) electrons. The number of aliphatic hydroxyl groups is 1. The van der Waals surface area contributed by atoms with Crippen LogP contribution in [0.25, 0.3) is 11.3 Å². The van der Waals surface area contributed by atoms with Gasteiger partial charge in [0.05, 0.1) is 25.0 Å². The first-order valence-electron chi connectivity index (χ1n) is 9.35. The van der Waals surface area contributed by atoms with Crippen LogP contribution in [0.5, 0.6) is 11.5 Å². The minimum atomic E-state index is -0.659. The summed E-state index contributed by atoms with van der Waals surface area (Å²) < 4.78 is 24.6. The molecule has 0 amide bonds. The van der Waals surface area contributed by atoms with E-state index in [1.165, 1.54) is 19.2 Å². The van der Waals surface area contributed by atoms with Crippen LogP contribution in [0.4, 0.5) is 10.3 Å². The van der Waals surface area contributed by atoms with Gasteiger partial charge in [0, 0.05) is 31.3 Å². The number of aromatic nitrogens is 3. The lowest BCUT2D eigenvalue weighted by Gasteiger charge is -2.32. The molecule has 10 heteroatoms. The van der Waals surface area contributed by atoms with E-state index in [1.807, 2.05) is 0 Å². The molecule has 1 aliphatic rings. The Balaban J connectivity index is 1.84. The maximum absolute atomic E-state index is 14.7. The number of piperidine rings is 1. The molecular formula is C19H24FN5O4. The lowest BCUT2D eigenvalue weighted by Crippen LogP contribution is -2.43. The normalized spacial score (nSPS) is 17.0. The van der Waals surface area contributed by atoms with Crippen LogP contribution < -0.4 is 14.8 Å². The molecule has 29 heavy (non-hydrogen) atoms. The Hall–Kier alpha value is -2.85. The van der Waals surface area contributed by atoms with Crippen molar-refractivity contribution in [1.82, 2.24) is 20.1 Å². The molecule has 1 atom stereocenters. The lowest BCUT2D eigenvalue weighted by molar-refractivity contribution is -0.120. The van der Waals surface area contributed by atoms with E-state index in [0.717, 1.165) is 25.9 Å². The fourth-order valence-electron chi connectivity index (χ4n) is 3.45. The van der Waals surface area contributed by atoms with E-state index in [4.69, 9.17) is 14.6 Å². The molecule has 2 aromatic rings. The van der Waals surface area contributed by atoms with Crippen LogP contribution in [0.15, 0.2) is 12.1 Å². The standard InChI is InChI=1S/C19H24FN5O4/c1-12-18(17-15(20)8-14(28-2)9-16(17)29-11-27)23-24-19(21-12)22-13-4-3-5-25(10-13)6-7-26/h8-9,11,13,26H,3-7,10H2,1-2H3,(H,21,22,24)/t13-/m1/s1. The highest BCUT2D eigenvalue weighted by Gasteiger charge is 2.23. The summed E-state index contributed by atoms with van der Waals surface area (Å²) in [5.74, 6) is -0.129.